The smallest absolute Gasteiger partial charge is 0.328 e. The largest absolute Gasteiger partial charge is 0.478 e. The molecule has 140 valence electrons. The van der Waals surface area contributed by atoms with Crippen molar-refractivity contribution in [3.8, 4) is 17.2 Å². The van der Waals surface area contributed by atoms with Crippen LogP contribution in [0.2, 0.25) is 0 Å². The van der Waals surface area contributed by atoms with E-state index in [2.05, 4.69) is 26.0 Å². The van der Waals surface area contributed by atoms with Gasteiger partial charge >= 0.3 is 5.97 Å². The summed E-state index contributed by atoms with van der Waals surface area (Å²) in [5.41, 5.74) is 4.28. The zero-order valence-corrected chi connectivity index (χ0v) is 16.1. The number of aliphatic carboxylic acids is 1. The van der Waals surface area contributed by atoms with Gasteiger partial charge in [0.2, 0.25) is 0 Å². The molecule has 0 saturated carbocycles. The van der Waals surface area contributed by atoms with Crippen molar-refractivity contribution in [1.82, 2.24) is 0 Å². The van der Waals surface area contributed by atoms with Gasteiger partial charge in [-0.3, -0.25) is 0 Å². The molecule has 0 bridgehead atoms. The first kappa shape index (κ1) is 20.5. The number of carbonyl (C=O) groups is 1. The zero-order chi connectivity index (χ0) is 19.6. The number of carboxylic acid groups (broad SMARTS) is 1. The fourth-order valence-electron chi connectivity index (χ4n) is 3.44. The zero-order valence-electron chi connectivity index (χ0n) is 16.1. The van der Waals surface area contributed by atoms with Crippen molar-refractivity contribution < 1.29 is 9.90 Å². The lowest BCUT2D eigenvalue weighted by Crippen LogP contribution is -2.06. The fourth-order valence-corrected chi connectivity index (χ4v) is 3.44. The van der Waals surface area contributed by atoms with E-state index in [0.717, 1.165) is 35.6 Å². The topological polar surface area (TPSA) is 61.1 Å². The van der Waals surface area contributed by atoms with Crippen LogP contribution in [0.4, 0.5) is 0 Å². The molecule has 1 unspecified atom stereocenters. The molecule has 1 atom stereocenters. The van der Waals surface area contributed by atoms with E-state index >= 15 is 0 Å². The van der Waals surface area contributed by atoms with Crippen LogP contribution in [-0.4, -0.2) is 11.1 Å². The minimum atomic E-state index is -1.02. The third kappa shape index (κ3) is 5.56. The van der Waals surface area contributed by atoms with Gasteiger partial charge < -0.3 is 5.11 Å². The maximum atomic E-state index is 10.9. The molecule has 3 heteroatoms. The highest BCUT2D eigenvalue weighted by Crippen LogP contribution is 2.33. The Morgan fingerprint density at radius 3 is 2.52 bits per heavy atom. The van der Waals surface area contributed by atoms with Crippen LogP contribution in [0.15, 0.2) is 48.5 Å². The summed E-state index contributed by atoms with van der Waals surface area (Å²) in [5.74, 6) is -0.436. The summed E-state index contributed by atoms with van der Waals surface area (Å²) in [4.78, 5) is 10.9. The van der Waals surface area contributed by atoms with E-state index in [-0.39, 0.29) is 0 Å². The summed E-state index contributed by atoms with van der Waals surface area (Å²) >= 11 is 0. The molecule has 0 amide bonds. The maximum Gasteiger partial charge on any atom is 0.328 e. The molecule has 0 saturated heterocycles. The van der Waals surface area contributed by atoms with Crippen molar-refractivity contribution in [3.05, 3.63) is 65.2 Å². The van der Waals surface area contributed by atoms with Gasteiger partial charge in [0, 0.05) is 11.6 Å². The first-order chi connectivity index (χ1) is 13.1. The van der Waals surface area contributed by atoms with Gasteiger partial charge in [0.15, 0.2) is 0 Å². The van der Waals surface area contributed by atoms with Crippen LogP contribution in [0.3, 0.4) is 0 Å². The van der Waals surface area contributed by atoms with Crippen LogP contribution in [0.5, 0.6) is 0 Å². The van der Waals surface area contributed by atoms with E-state index < -0.39 is 5.97 Å². The van der Waals surface area contributed by atoms with Crippen LogP contribution >= 0.6 is 0 Å². The standard InChI is InChI=1S/C24H27NO2/c1-3-5-9-18(4-2)16-21-13-12-19(14-15-23(26)27)22(17-25)24(21)20-10-7-6-8-11-20/h6-8,10-15,18H,3-5,9,16H2,1-2H3,(H,26,27)/b15-14+. The second-order valence-electron chi connectivity index (χ2n) is 6.83. The van der Waals surface area contributed by atoms with E-state index in [9.17, 15) is 10.1 Å². The molecule has 0 aliphatic rings. The van der Waals surface area contributed by atoms with E-state index in [1.807, 2.05) is 36.4 Å². The highest BCUT2D eigenvalue weighted by Gasteiger charge is 2.17. The van der Waals surface area contributed by atoms with E-state index in [1.165, 1.54) is 25.3 Å². The van der Waals surface area contributed by atoms with Crippen LogP contribution < -0.4 is 0 Å². The van der Waals surface area contributed by atoms with Crippen molar-refractivity contribution in [2.45, 2.75) is 46.0 Å². The Kier molecular flexibility index (Phi) is 7.82. The van der Waals surface area contributed by atoms with Crippen LogP contribution in [0, 0.1) is 17.2 Å². The van der Waals surface area contributed by atoms with E-state index in [4.69, 9.17) is 5.11 Å². The number of unbranched alkanes of at least 4 members (excludes halogenated alkanes) is 1. The molecule has 3 nitrogen and oxygen atoms in total. The predicted octanol–water partition coefficient (Wildman–Crippen LogP) is 6.08. The Balaban J connectivity index is 2.56. The van der Waals surface area contributed by atoms with Gasteiger partial charge in [-0.1, -0.05) is 82.0 Å². The van der Waals surface area contributed by atoms with Gasteiger partial charge in [-0.15, -0.1) is 0 Å². The van der Waals surface area contributed by atoms with Crippen molar-refractivity contribution in [2.24, 2.45) is 5.92 Å². The molecule has 1 N–H and O–H groups in total. The summed E-state index contributed by atoms with van der Waals surface area (Å²) in [7, 11) is 0. The van der Waals surface area contributed by atoms with Crippen molar-refractivity contribution in [1.29, 1.82) is 5.26 Å². The molecule has 2 aromatic carbocycles. The molecule has 0 aromatic heterocycles. The number of carboxylic acids is 1. The third-order valence-electron chi connectivity index (χ3n) is 4.96. The summed E-state index contributed by atoms with van der Waals surface area (Å²) < 4.78 is 0. The summed E-state index contributed by atoms with van der Waals surface area (Å²) in [6.45, 7) is 4.43. The van der Waals surface area contributed by atoms with Gasteiger partial charge in [-0.2, -0.15) is 5.26 Å². The second-order valence-corrected chi connectivity index (χ2v) is 6.83. The highest BCUT2D eigenvalue weighted by molar-refractivity contribution is 5.87. The first-order valence-corrected chi connectivity index (χ1v) is 9.63. The normalized spacial score (nSPS) is 12.0. The molecule has 0 aliphatic heterocycles. The molecule has 0 spiro atoms. The van der Waals surface area contributed by atoms with E-state index in [0.29, 0.717) is 17.0 Å². The van der Waals surface area contributed by atoms with Crippen LogP contribution in [-0.2, 0) is 11.2 Å². The predicted molar refractivity (Wildman–Crippen MR) is 110 cm³/mol. The molecule has 2 aromatic rings. The monoisotopic (exact) mass is 361 g/mol. The minimum absolute atomic E-state index is 0.543. The number of nitriles is 1. The van der Waals surface area contributed by atoms with Crippen LogP contribution in [0.25, 0.3) is 17.2 Å². The summed E-state index contributed by atoms with van der Waals surface area (Å²) in [5, 5.41) is 18.8. The lowest BCUT2D eigenvalue weighted by Gasteiger charge is -2.19. The number of hydrogen-bond acceptors (Lipinski definition) is 2. The Morgan fingerprint density at radius 1 is 1.19 bits per heavy atom. The van der Waals surface area contributed by atoms with Gasteiger partial charge in [0.25, 0.3) is 0 Å². The molecule has 2 rings (SSSR count). The Morgan fingerprint density at radius 2 is 1.93 bits per heavy atom. The van der Waals surface area contributed by atoms with Gasteiger partial charge in [0.1, 0.15) is 6.07 Å². The van der Waals surface area contributed by atoms with Gasteiger partial charge in [-0.25, -0.2) is 4.79 Å². The molecule has 0 heterocycles. The summed E-state index contributed by atoms with van der Waals surface area (Å²) in [6.07, 6.45) is 8.21. The Bertz CT molecular complexity index is 831. The average Bonchev–Trinajstić information content (AvgIpc) is 2.69. The molecular formula is C24H27NO2. The quantitative estimate of drug-likeness (QED) is 0.550. The average molecular weight is 361 g/mol. The van der Waals surface area contributed by atoms with Crippen molar-refractivity contribution >= 4 is 12.0 Å². The number of nitrogens with zero attached hydrogens (tertiary/aromatic N) is 1. The summed E-state index contributed by atoms with van der Waals surface area (Å²) in [6, 6.07) is 16.2. The van der Waals surface area contributed by atoms with Crippen molar-refractivity contribution in [2.75, 3.05) is 0 Å². The SMILES string of the molecule is CCCCC(CC)Cc1ccc(/C=C/C(=O)O)c(C#N)c1-c1ccccc1. The maximum absolute atomic E-state index is 10.9. The lowest BCUT2D eigenvalue weighted by molar-refractivity contribution is -0.131. The molecule has 27 heavy (non-hydrogen) atoms. The first-order valence-electron chi connectivity index (χ1n) is 9.63. The Labute approximate surface area is 162 Å². The van der Waals surface area contributed by atoms with Gasteiger partial charge in [-0.05, 0) is 35.1 Å². The molecule has 0 radical (unpaired) electrons. The fraction of sp³-hybridized carbons (Fsp3) is 0.333. The van der Waals surface area contributed by atoms with Gasteiger partial charge in [0.05, 0.1) is 5.56 Å². The van der Waals surface area contributed by atoms with Crippen LogP contribution in [0.1, 0.15) is 56.2 Å². The lowest BCUT2D eigenvalue weighted by atomic mass is 9.84. The molecular weight excluding hydrogens is 334 g/mol. The third-order valence-corrected chi connectivity index (χ3v) is 4.96. The molecule has 0 fully saturated rings. The highest BCUT2D eigenvalue weighted by atomic mass is 16.4. The van der Waals surface area contributed by atoms with E-state index in [1.54, 1.807) is 0 Å². The van der Waals surface area contributed by atoms with Crippen molar-refractivity contribution in [3.63, 3.8) is 0 Å². The number of rotatable bonds is 9. The Hall–Kier alpha value is -2.86. The minimum Gasteiger partial charge on any atom is -0.478 e. The molecule has 0 aliphatic carbocycles. The number of hydrogen-bond donors (Lipinski definition) is 1. The number of benzene rings is 2. The second kappa shape index (κ2) is 10.3.